The van der Waals surface area contributed by atoms with Crippen LogP contribution < -0.4 is 4.74 Å². The maximum Gasteiger partial charge on any atom is 0.286 e. The summed E-state index contributed by atoms with van der Waals surface area (Å²) in [6.45, 7) is 6.78. The highest BCUT2D eigenvalue weighted by molar-refractivity contribution is 8.18. The fraction of sp³-hybridized carbons (Fsp3) is 0.321. The molecule has 5 rings (SSSR count). The summed E-state index contributed by atoms with van der Waals surface area (Å²) >= 11 is 1.47. The summed E-state index contributed by atoms with van der Waals surface area (Å²) in [5.41, 5.74) is 4.73. The summed E-state index contributed by atoms with van der Waals surface area (Å²) in [5, 5.41) is 5.75. The number of ether oxygens (including phenoxy) is 1. The lowest BCUT2D eigenvalue weighted by Crippen LogP contribution is -2.33. The Balaban J connectivity index is 1.50. The molecule has 0 N–H and O–H groups in total. The number of likely N-dealkylation sites (tertiary alicyclic amines) is 1. The fourth-order valence-electron chi connectivity index (χ4n) is 4.36. The van der Waals surface area contributed by atoms with E-state index in [2.05, 4.69) is 29.8 Å². The first-order valence-corrected chi connectivity index (χ1v) is 13.1. The number of nitrogens with zero attached hydrogens (tertiary/aromatic N) is 4. The summed E-state index contributed by atoms with van der Waals surface area (Å²) in [4.78, 5) is 20.0. The van der Waals surface area contributed by atoms with E-state index in [9.17, 15) is 4.79 Å². The molecule has 2 aliphatic rings. The van der Waals surface area contributed by atoms with Gasteiger partial charge < -0.3 is 9.64 Å². The molecule has 6 nitrogen and oxygen atoms in total. The van der Waals surface area contributed by atoms with Crippen LogP contribution >= 0.6 is 11.8 Å². The molecule has 1 amide bonds. The number of benzene rings is 2. The highest BCUT2D eigenvalue weighted by atomic mass is 32.2. The number of aliphatic imine (C=N–C) groups is 1. The molecule has 0 aliphatic carbocycles. The van der Waals surface area contributed by atoms with Crippen LogP contribution in [0.5, 0.6) is 5.75 Å². The van der Waals surface area contributed by atoms with Gasteiger partial charge in [-0.1, -0.05) is 25.1 Å². The van der Waals surface area contributed by atoms with Crippen LogP contribution in [-0.2, 0) is 4.79 Å². The molecule has 1 aromatic heterocycles. The molecule has 0 unspecified atom stereocenters. The van der Waals surface area contributed by atoms with Gasteiger partial charge in [-0.15, -0.1) is 0 Å². The van der Waals surface area contributed by atoms with Crippen molar-refractivity contribution < 1.29 is 9.53 Å². The van der Waals surface area contributed by atoms with Gasteiger partial charge in [0.05, 0.1) is 17.2 Å². The van der Waals surface area contributed by atoms with E-state index in [1.807, 2.05) is 59.4 Å². The SMILES string of the molecule is CCCOc1ccc(-c2nn(-c3ccccc3)cc2/C=C2\SC(N3CCCCC3)=NC2=O)cc1C. The molecule has 3 aromatic rings. The second-order valence-corrected chi connectivity index (χ2v) is 9.91. The topological polar surface area (TPSA) is 59.7 Å². The van der Waals surface area contributed by atoms with Crippen LogP contribution in [0, 0.1) is 6.92 Å². The van der Waals surface area contributed by atoms with Crippen LogP contribution in [0.4, 0.5) is 0 Å². The first-order valence-electron chi connectivity index (χ1n) is 12.3. The average Bonchev–Trinajstić information content (AvgIpc) is 3.48. The predicted octanol–water partition coefficient (Wildman–Crippen LogP) is 6.09. The molecule has 0 radical (unpaired) electrons. The number of rotatable bonds is 6. The summed E-state index contributed by atoms with van der Waals surface area (Å²) in [5.74, 6) is 0.715. The van der Waals surface area contributed by atoms with E-state index in [4.69, 9.17) is 9.84 Å². The molecule has 0 atom stereocenters. The molecular formula is C28H30N4O2S. The third-order valence-electron chi connectivity index (χ3n) is 6.20. The summed E-state index contributed by atoms with van der Waals surface area (Å²) in [6.07, 6.45) is 8.44. The van der Waals surface area contributed by atoms with E-state index >= 15 is 0 Å². The predicted molar refractivity (Wildman–Crippen MR) is 143 cm³/mol. The number of amidine groups is 1. The zero-order valence-corrected chi connectivity index (χ0v) is 21.1. The molecule has 0 spiro atoms. The Hall–Kier alpha value is -3.32. The van der Waals surface area contributed by atoms with Gasteiger partial charge in [0.1, 0.15) is 11.4 Å². The van der Waals surface area contributed by atoms with Crippen molar-refractivity contribution in [2.75, 3.05) is 19.7 Å². The van der Waals surface area contributed by atoms with Crippen LogP contribution in [0.1, 0.15) is 43.7 Å². The number of aryl methyl sites for hydroxylation is 1. The van der Waals surface area contributed by atoms with Gasteiger partial charge in [-0.2, -0.15) is 10.1 Å². The molecule has 0 bridgehead atoms. The van der Waals surface area contributed by atoms with Gasteiger partial charge in [-0.25, -0.2) is 4.68 Å². The lowest BCUT2D eigenvalue weighted by molar-refractivity contribution is -0.113. The van der Waals surface area contributed by atoms with E-state index < -0.39 is 0 Å². The maximum atomic E-state index is 12.8. The molecule has 35 heavy (non-hydrogen) atoms. The number of carbonyl (C=O) groups is 1. The van der Waals surface area contributed by atoms with Gasteiger partial charge in [-0.05, 0) is 86.3 Å². The lowest BCUT2D eigenvalue weighted by Gasteiger charge is -2.27. The number of amides is 1. The Morgan fingerprint density at radius 3 is 2.63 bits per heavy atom. The Kier molecular flexibility index (Phi) is 7.04. The van der Waals surface area contributed by atoms with Gasteiger partial charge in [0.25, 0.3) is 5.91 Å². The maximum absolute atomic E-state index is 12.8. The lowest BCUT2D eigenvalue weighted by atomic mass is 10.0. The molecule has 180 valence electrons. The zero-order chi connectivity index (χ0) is 24.2. The molecule has 2 aromatic carbocycles. The van der Waals surface area contributed by atoms with Crippen molar-refractivity contribution in [3.63, 3.8) is 0 Å². The Morgan fingerprint density at radius 1 is 1.09 bits per heavy atom. The first kappa shape index (κ1) is 23.4. The Bertz CT molecular complexity index is 1270. The molecule has 1 fully saturated rings. The van der Waals surface area contributed by atoms with Crippen LogP contribution in [-0.4, -0.2) is 45.5 Å². The standard InChI is InChI=1S/C28H30N4O2S/c1-3-16-34-24-13-12-21(17-20(24)2)26-22(19-32(30-26)23-10-6-4-7-11-23)18-25-27(33)29-28(35-25)31-14-8-5-9-15-31/h4,6-7,10-13,17-19H,3,5,8-9,14-16H2,1-2H3/b25-18-. The third kappa shape index (κ3) is 5.20. The van der Waals surface area contributed by atoms with E-state index in [0.717, 1.165) is 71.3 Å². The quantitative estimate of drug-likeness (QED) is 0.395. The molecule has 0 saturated carbocycles. The largest absolute Gasteiger partial charge is 0.493 e. The van der Waals surface area contributed by atoms with Gasteiger partial charge in [-0.3, -0.25) is 4.79 Å². The van der Waals surface area contributed by atoms with Gasteiger partial charge in [0.2, 0.25) is 0 Å². The Labute approximate surface area is 210 Å². The van der Waals surface area contributed by atoms with E-state index in [0.29, 0.717) is 11.5 Å². The van der Waals surface area contributed by atoms with Crippen molar-refractivity contribution in [3.8, 4) is 22.7 Å². The number of para-hydroxylation sites is 1. The number of carbonyl (C=O) groups excluding carboxylic acids is 1. The highest BCUT2D eigenvalue weighted by Gasteiger charge is 2.27. The van der Waals surface area contributed by atoms with Crippen molar-refractivity contribution in [3.05, 3.63) is 70.8 Å². The molecule has 1 saturated heterocycles. The van der Waals surface area contributed by atoms with E-state index in [1.165, 1.54) is 18.2 Å². The Morgan fingerprint density at radius 2 is 1.89 bits per heavy atom. The van der Waals surface area contributed by atoms with E-state index in [-0.39, 0.29) is 5.91 Å². The van der Waals surface area contributed by atoms with E-state index in [1.54, 1.807) is 0 Å². The number of piperidine rings is 1. The first-order chi connectivity index (χ1) is 17.1. The molecule has 2 aliphatic heterocycles. The minimum absolute atomic E-state index is 0.173. The van der Waals surface area contributed by atoms with Crippen molar-refractivity contribution in [2.24, 2.45) is 4.99 Å². The molecule has 7 heteroatoms. The van der Waals surface area contributed by atoms with Crippen LogP contribution in [0.2, 0.25) is 0 Å². The van der Waals surface area contributed by atoms with Crippen LogP contribution in [0.3, 0.4) is 0 Å². The minimum Gasteiger partial charge on any atom is -0.493 e. The summed E-state index contributed by atoms with van der Waals surface area (Å²) < 4.78 is 7.74. The number of aromatic nitrogens is 2. The normalized spacial score (nSPS) is 17.2. The second kappa shape index (κ2) is 10.5. The van der Waals surface area contributed by atoms with Gasteiger partial charge >= 0.3 is 0 Å². The molecular weight excluding hydrogens is 456 g/mol. The third-order valence-corrected chi connectivity index (χ3v) is 7.24. The number of hydrogen-bond donors (Lipinski definition) is 0. The minimum atomic E-state index is -0.173. The molecule has 3 heterocycles. The average molecular weight is 487 g/mol. The number of hydrogen-bond acceptors (Lipinski definition) is 5. The van der Waals surface area contributed by atoms with Gasteiger partial charge in [0, 0.05) is 30.4 Å². The number of thioether (sulfide) groups is 1. The smallest absolute Gasteiger partial charge is 0.286 e. The summed E-state index contributed by atoms with van der Waals surface area (Å²) in [7, 11) is 0. The van der Waals surface area contributed by atoms with Crippen LogP contribution in [0.25, 0.3) is 23.0 Å². The zero-order valence-electron chi connectivity index (χ0n) is 20.2. The van der Waals surface area contributed by atoms with Crippen molar-refractivity contribution in [2.45, 2.75) is 39.5 Å². The van der Waals surface area contributed by atoms with Gasteiger partial charge in [0.15, 0.2) is 5.17 Å². The second-order valence-electron chi connectivity index (χ2n) is 8.90. The van der Waals surface area contributed by atoms with Crippen molar-refractivity contribution in [1.82, 2.24) is 14.7 Å². The fourth-order valence-corrected chi connectivity index (χ4v) is 5.32. The van der Waals surface area contributed by atoms with Crippen molar-refractivity contribution in [1.29, 1.82) is 0 Å². The van der Waals surface area contributed by atoms with Crippen molar-refractivity contribution >= 4 is 28.9 Å². The highest BCUT2D eigenvalue weighted by Crippen LogP contribution is 2.35. The van der Waals surface area contributed by atoms with Crippen LogP contribution in [0.15, 0.2) is 64.6 Å². The monoisotopic (exact) mass is 486 g/mol. The summed E-state index contributed by atoms with van der Waals surface area (Å²) in [6, 6.07) is 16.2.